The van der Waals surface area contributed by atoms with Gasteiger partial charge in [-0.25, -0.2) is 8.78 Å². The molecule has 1 heterocycles. The number of rotatable bonds is 3. The molecular formula is C12H16ClF2NO. The average molecular weight is 264 g/mol. The highest BCUT2D eigenvalue weighted by Crippen LogP contribution is 2.13. The van der Waals surface area contributed by atoms with E-state index in [9.17, 15) is 8.78 Å². The first-order valence-electron chi connectivity index (χ1n) is 5.52. The zero-order valence-electron chi connectivity index (χ0n) is 9.42. The van der Waals surface area contributed by atoms with Gasteiger partial charge >= 0.3 is 0 Å². The van der Waals surface area contributed by atoms with E-state index < -0.39 is 11.6 Å². The van der Waals surface area contributed by atoms with Gasteiger partial charge in [-0.3, -0.25) is 0 Å². The molecule has 96 valence electrons. The highest BCUT2D eigenvalue weighted by Gasteiger charge is 2.13. The fourth-order valence-electron chi connectivity index (χ4n) is 1.81. The van der Waals surface area contributed by atoms with Gasteiger partial charge in [0.15, 0.2) is 11.6 Å². The van der Waals surface area contributed by atoms with Crippen molar-refractivity contribution in [2.24, 2.45) is 0 Å². The predicted molar refractivity (Wildman–Crippen MR) is 64.3 cm³/mol. The zero-order valence-corrected chi connectivity index (χ0v) is 10.2. The van der Waals surface area contributed by atoms with E-state index in [4.69, 9.17) is 4.74 Å². The van der Waals surface area contributed by atoms with Crippen LogP contribution in [0.15, 0.2) is 18.2 Å². The fourth-order valence-corrected chi connectivity index (χ4v) is 1.81. The second-order valence-electron chi connectivity index (χ2n) is 4.01. The lowest BCUT2D eigenvalue weighted by atomic mass is 10.1. The molecule has 0 unspecified atom stereocenters. The third kappa shape index (κ3) is 4.22. The van der Waals surface area contributed by atoms with Crippen molar-refractivity contribution in [3.63, 3.8) is 0 Å². The number of halogens is 3. The van der Waals surface area contributed by atoms with Gasteiger partial charge in [-0.1, -0.05) is 6.07 Å². The first-order chi connectivity index (χ1) is 7.75. The molecule has 1 aliphatic heterocycles. The molecule has 1 N–H and O–H groups in total. The molecule has 1 fully saturated rings. The van der Waals surface area contributed by atoms with E-state index in [2.05, 4.69) is 5.32 Å². The third-order valence-corrected chi connectivity index (χ3v) is 2.76. The molecule has 0 saturated carbocycles. The summed E-state index contributed by atoms with van der Waals surface area (Å²) in [6.45, 7) is 2.27. The summed E-state index contributed by atoms with van der Waals surface area (Å²) < 4.78 is 31.2. The first-order valence-corrected chi connectivity index (χ1v) is 5.52. The molecule has 5 heteroatoms. The lowest BCUT2D eigenvalue weighted by Crippen LogP contribution is -2.32. The van der Waals surface area contributed by atoms with Crippen LogP contribution < -0.4 is 5.32 Å². The van der Waals surface area contributed by atoms with Gasteiger partial charge in [-0.05, 0) is 43.6 Å². The molecule has 1 aromatic rings. The molecule has 1 aliphatic rings. The Morgan fingerprint density at radius 1 is 1.18 bits per heavy atom. The van der Waals surface area contributed by atoms with Crippen molar-refractivity contribution >= 4 is 12.4 Å². The van der Waals surface area contributed by atoms with Crippen LogP contribution in [0.5, 0.6) is 0 Å². The minimum Gasteiger partial charge on any atom is -0.373 e. The van der Waals surface area contributed by atoms with E-state index in [1.807, 2.05) is 0 Å². The molecule has 0 spiro atoms. The topological polar surface area (TPSA) is 21.3 Å². The maximum atomic E-state index is 12.9. The van der Waals surface area contributed by atoms with Crippen molar-refractivity contribution in [3.05, 3.63) is 35.4 Å². The van der Waals surface area contributed by atoms with E-state index in [1.165, 1.54) is 6.07 Å². The summed E-state index contributed by atoms with van der Waals surface area (Å²) in [5, 5.41) is 3.24. The zero-order chi connectivity index (χ0) is 11.4. The van der Waals surface area contributed by atoms with Gasteiger partial charge in [0.1, 0.15) is 0 Å². The lowest BCUT2D eigenvalue weighted by Gasteiger charge is -2.22. The van der Waals surface area contributed by atoms with Crippen molar-refractivity contribution in [3.8, 4) is 0 Å². The molecule has 17 heavy (non-hydrogen) atoms. The molecule has 1 aromatic carbocycles. The summed E-state index contributed by atoms with van der Waals surface area (Å²) in [7, 11) is 0. The number of nitrogens with one attached hydrogen (secondary N) is 1. The van der Waals surface area contributed by atoms with Gasteiger partial charge < -0.3 is 10.1 Å². The van der Waals surface area contributed by atoms with Crippen molar-refractivity contribution in [1.82, 2.24) is 5.32 Å². The van der Waals surface area contributed by atoms with Crippen molar-refractivity contribution in [2.45, 2.75) is 25.6 Å². The molecule has 2 rings (SSSR count). The summed E-state index contributed by atoms with van der Waals surface area (Å²) in [5.74, 6) is -1.63. The first kappa shape index (κ1) is 14.4. The van der Waals surface area contributed by atoms with Crippen LogP contribution >= 0.6 is 12.4 Å². The average Bonchev–Trinajstić information content (AvgIpc) is 2.32. The van der Waals surface area contributed by atoms with Gasteiger partial charge in [0.05, 0.1) is 12.7 Å². The minimum absolute atomic E-state index is 0. The van der Waals surface area contributed by atoms with Crippen LogP contribution in [-0.2, 0) is 11.3 Å². The smallest absolute Gasteiger partial charge is 0.159 e. The van der Waals surface area contributed by atoms with Gasteiger partial charge in [-0.15, -0.1) is 12.4 Å². The molecule has 1 saturated heterocycles. The summed E-state index contributed by atoms with van der Waals surface area (Å²) in [4.78, 5) is 0. The molecule has 0 radical (unpaired) electrons. The Morgan fingerprint density at radius 2 is 1.88 bits per heavy atom. The molecule has 0 aliphatic carbocycles. The van der Waals surface area contributed by atoms with E-state index in [0.717, 1.165) is 32.0 Å². The highest BCUT2D eigenvalue weighted by molar-refractivity contribution is 5.85. The number of benzene rings is 1. The van der Waals surface area contributed by atoms with E-state index >= 15 is 0 Å². The molecule has 2 nitrogen and oxygen atoms in total. The van der Waals surface area contributed by atoms with Crippen LogP contribution in [-0.4, -0.2) is 19.2 Å². The van der Waals surface area contributed by atoms with Crippen LogP contribution in [0.25, 0.3) is 0 Å². The normalized spacial score (nSPS) is 16.6. The molecular weight excluding hydrogens is 248 g/mol. The Bertz CT molecular complexity index is 356. The van der Waals surface area contributed by atoms with Crippen molar-refractivity contribution in [2.75, 3.05) is 13.1 Å². The Morgan fingerprint density at radius 3 is 2.53 bits per heavy atom. The second-order valence-corrected chi connectivity index (χ2v) is 4.01. The molecule has 0 bridgehead atoms. The van der Waals surface area contributed by atoms with E-state index in [0.29, 0.717) is 12.2 Å². The Balaban J connectivity index is 0.00000144. The predicted octanol–water partition coefficient (Wildman–Crippen LogP) is 2.66. The molecule has 0 atom stereocenters. The molecule has 0 aromatic heterocycles. The third-order valence-electron chi connectivity index (χ3n) is 2.76. The summed E-state index contributed by atoms with van der Waals surface area (Å²) >= 11 is 0. The quantitative estimate of drug-likeness (QED) is 0.905. The standard InChI is InChI=1S/C12H15F2NO.ClH/c13-11-2-1-9(7-12(11)14)8-16-10-3-5-15-6-4-10;/h1-2,7,10,15H,3-6,8H2;1H. The van der Waals surface area contributed by atoms with E-state index in [1.54, 1.807) is 6.07 Å². The SMILES string of the molecule is Cl.Fc1ccc(COC2CCNCC2)cc1F. The van der Waals surface area contributed by atoms with Gasteiger partial charge in [0.25, 0.3) is 0 Å². The van der Waals surface area contributed by atoms with E-state index in [-0.39, 0.29) is 18.5 Å². The van der Waals surface area contributed by atoms with Gasteiger partial charge in [-0.2, -0.15) is 0 Å². The van der Waals surface area contributed by atoms with Crippen LogP contribution in [0.3, 0.4) is 0 Å². The lowest BCUT2D eigenvalue weighted by molar-refractivity contribution is 0.0211. The van der Waals surface area contributed by atoms with Crippen molar-refractivity contribution < 1.29 is 13.5 Å². The van der Waals surface area contributed by atoms with Crippen molar-refractivity contribution in [1.29, 1.82) is 0 Å². The van der Waals surface area contributed by atoms with Gasteiger partial charge in [0, 0.05) is 0 Å². The van der Waals surface area contributed by atoms with Gasteiger partial charge in [0.2, 0.25) is 0 Å². The van der Waals surface area contributed by atoms with Crippen LogP contribution in [0.2, 0.25) is 0 Å². The molecule has 0 amide bonds. The Kier molecular flexibility index (Phi) is 5.82. The highest BCUT2D eigenvalue weighted by atomic mass is 35.5. The van der Waals surface area contributed by atoms with Crippen LogP contribution in [0, 0.1) is 11.6 Å². The Labute approximate surface area is 106 Å². The largest absolute Gasteiger partial charge is 0.373 e. The maximum Gasteiger partial charge on any atom is 0.159 e. The summed E-state index contributed by atoms with van der Waals surface area (Å²) in [5.41, 5.74) is 0.678. The number of hydrogen-bond donors (Lipinski definition) is 1. The minimum atomic E-state index is -0.814. The fraction of sp³-hybridized carbons (Fsp3) is 0.500. The summed E-state index contributed by atoms with van der Waals surface area (Å²) in [6.07, 6.45) is 2.18. The number of piperidine rings is 1. The monoisotopic (exact) mass is 263 g/mol. The Hall–Kier alpha value is -0.710. The van der Waals surface area contributed by atoms with Crippen LogP contribution in [0.1, 0.15) is 18.4 Å². The second kappa shape index (κ2) is 6.89. The summed E-state index contributed by atoms with van der Waals surface area (Å²) in [6, 6.07) is 3.88. The number of ether oxygens (including phenoxy) is 1. The number of hydrogen-bond acceptors (Lipinski definition) is 2. The maximum absolute atomic E-state index is 12.9. The van der Waals surface area contributed by atoms with Crippen LogP contribution in [0.4, 0.5) is 8.78 Å².